The van der Waals surface area contributed by atoms with E-state index in [0.717, 1.165) is 31.8 Å². The molecule has 0 radical (unpaired) electrons. The Morgan fingerprint density at radius 2 is 1.57 bits per heavy atom. The minimum Gasteiger partial charge on any atom is -0.492 e. The van der Waals surface area contributed by atoms with Gasteiger partial charge in [0.25, 0.3) is 0 Å². The van der Waals surface area contributed by atoms with E-state index in [4.69, 9.17) is 4.74 Å². The molecule has 156 valence electrons. The molecular weight excluding hydrogens is 366 g/mol. The maximum Gasteiger partial charge on any atom is 0.119 e. The van der Waals surface area contributed by atoms with E-state index in [1.807, 2.05) is 6.08 Å². The van der Waals surface area contributed by atoms with Crippen molar-refractivity contribution in [3.63, 3.8) is 0 Å². The van der Waals surface area contributed by atoms with E-state index in [0.29, 0.717) is 6.61 Å². The van der Waals surface area contributed by atoms with Gasteiger partial charge >= 0.3 is 0 Å². The van der Waals surface area contributed by atoms with Crippen molar-refractivity contribution in [3.8, 4) is 28.0 Å². The zero-order chi connectivity index (χ0) is 21.3. The van der Waals surface area contributed by atoms with E-state index in [1.165, 1.54) is 33.4 Å². The van der Waals surface area contributed by atoms with Crippen LogP contribution in [0.2, 0.25) is 0 Å². The summed E-state index contributed by atoms with van der Waals surface area (Å²) in [4.78, 5) is 2.37. The Bertz CT molecular complexity index is 940. The molecule has 3 aromatic carbocycles. The second-order valence-corrected chi connectivity index (χ2v) is 7.43. The van der Waals surface area contributed by atoms with Crippen LogP contribution < -0.4 is 4.74 Å². The summed E-state index contributed by atoms with van der Waals surface area (Å²) in [6, 6.07) is 23.6. The van der Waals surface area contributed by atoms with E-state index in [-0.39, 0.29) is 0 Å². The Labute approximate surface area is 181 Å². The fraction of sp³-hybridized carbons (Fsp3) is 0.286. The first-order valence-corrected chi connectivity index (χ1v) is 11.0. The first-order chi connectivity index (χ1) is 14.7. The molecule has 2 nitrogen and oxygen atoms in total. The second kappa shape index (κ2) is 10.8. The Morgan fingerprint density at radius 3 is 2.17 bits per heavy atom. The lowest BCUT2D eigenvalue weighted by molar-refractivity contribution is 0.223. The van der Waals surface area contributed by atoms with Gasteiger partial charge in [-0.15, -0.1) is 0 Å². The Kier molecular flexibility index (Phi) is 7.87. The normalized spacial score (nSPS) is 10.9. The van der Waals surface area contributed by atoms with Crippen molar-refractivity contribution in [2.45, 2.75) is 27.2 Å². The third-order valence-electron chi connectivity index (χ3n) is 5.66. The Balaban J connectivity index is 1.92. The highest BCUT2D eigenvalue weighted by atomic mass is 16.5. The topological polar surface area (TPSA) is 12.5 Å². The molecule has 0 fully saturated rings. The molecule has 0 amide bonds. The van der Waals surface area contributed by atoms with Crippen LogP contribution in [0.5, 0.6) is 5.75 Å². The van der Waals surface area contributed by atoms with Crippen molar-refractivity contribution < 1.29 is 4.74 Å². The number of likely N-dealkylation sites (N-methyl/N-ethyl adjacent to an activating group) is 1. The molecule has 0 aromatic heterocycles. The lowest BCUT2D eigenvalue weighted by Crippen LogP contribution is -2.27. The van der Waals surface area contributed by atoms with Crippen molar-refractivity contribution in [1.29, 1.82) is 0 Å². The van der Waals surface area contributed by atoms with Crippen molar-refractivity contribution >= 4 is 6.08 Å². The first kappa shape index (κ1) is 21.9. The van der Waals surface area contributed by atoms with Crippen molar-refractivity contribution in [3.05, 3.63) is 84.4 Å². The molecule has 0 saturated carbocycles. The largest absolute Gasteiger partial charge is 0.492 e. The summed E-state index contributed by atoms with van der Waals surface area (Å²) in [5, 5.41) is 0. The first-order valence-electron chi connectivity index (χ1n) is 11.0. The molecule has 3 aromatic rings. The molecule has 0 aliphatic heterocycles. The molecule has 0 bridgehead atoms. The summed E-state index contributed by atoms with van der Waals surface area (Å²) in [6.45, 7) is 14.4. The fourth-order valence-electron chi connectivity index (χ4n) is 3.81. The predicted molar refractivity (Wildman–Crippen MR) is 130 cm³/mol. The number of ether oxygens (including phenoxy) is 1. The van der Waals surface area contributed by atoms with Gasteiger partial charge in [0.05, 0.1) is 0 Å². The number of benzene rings is 3. The summed E-state index contributed by atoms with van der Waals surface area (Å²) < 4.78 is 5.98. The van der Waals surface area contributed by atoms with E-state index in [1.54, 1.807) is 0 Å². The van der Waals surface area contributed by atoms with Crippen molar-refractivity contribution in [2.24, 2.45) is 0 Å². The fourth-order valence-corrected chi connectivity index (χ4v) is 3.81. The third-order valence-corrected chi connectivity index (χ3v) is 5.66. The standard InChI is InChI=1S/C28H33NO/c1-5-22-20-23(6-2)28(27(21-22)24-12-10-9-11-13-24)25-14-16-26(17-15-25)30-19-18-29(7-3)8-4/h6,9-17,20-21H,2,5,7-8,18-19H2,1,3-4H3. The smallest absolute Gasteiger partial charge is 0.119 e. The van der Waals surface area contributed by atoms with Gasteiger partial charge < -0.3 is 9.64 Å². The number of nitrogens with zero attached hydrogens (tertiary/aromatic N) is 1. The Hall–Kier alpha value is -2.84. The number of hydrogen-bond donors (Lipinski definition) is 0. The van der Waals surface area contributed by atoms with Gasteiger partial charge in [-0.05, 0) is 65.0 Å². The van der Waals surface area contributed by atoms with Gasteiger partial charge in [-0.25, -0.2) is 0 Å². The Morgan fingerprint density at radius 1 is 0.867 bits per heavy atom. The highest BCUT2D eigenvalue weighted by molar-refractivity contribution is 5.90. The number of hydrogen-bond acceptors (Lipinski definition) is 2. The summed E-state index contributed by atoms with van der Waals surface area (Å²) in [7, 11) is 0. The van der Waals surface area contributed by atoms with Crippen molar-refractivity contribution in [2.75, 3.05) is 26.2 Å². The third kappa shape index (κ3) is 5.20. The molecule has 0 atom stereocenters. The van der Waals surface area contributed by atoms with Gasteiger partial charge in [-0.1, -0.05) is 88.0 Å². The van der Waals surface area contributed by atoms with Crippen LogP contribution >= 0.6 is 0 Å². The van der Waals surface area contributed by atoms with Crippen LogP contribution in [0.15, 0.2) is 73.3 Å². The van der Waals surface area contributed by atoms with Crippen LogP contribution in [0.3, 0.4) is 0 Å². The summed E-state index contributed by atoms with van der Waals surface area (Å²) in [5.41, 5.74) is 7.38. The van der Waals surface area contributed by atoms with E-state index < -0.39 is 0 Å². The van der Waals surface area contributed by atoms with Gasteiger partial charge in [-0.2, -0.15) is 0 Å². The van der Waals surface area contributed by atoms with E-state index in [2.05, 4.69) is 99.0 Å². The van der Waals surface area contributed by atoms with E-state index in [9.17, 15) is 0 Å². The van der Waals surface area contributed by atoms with Crippen LogP contribution in [-0.4, -0.2) is 31.1 Å². The van der Waals surface area contributed by atoms with Crippen LogP contribution in [-0.2, 0) is 6.42 Å². The van der Waals surface area contributed by atoms with Gasteiger partial charge in [-0.3, -0.25) is 0 Å². The summed E-state index contributed by atoms with van der Waals surface area (Å²) in [5.74, 6) is 0.914. The van der Waals surface area contributed by atoms with Crippen LogP contribution in [0.1, 0.15) is 31.9 Å². The monoisotopic (exact) mass is 399 g/mol. The second-order valence-electron chi connectivity index (χ2n) is 7.43. The molecule has 0 unspecified atom stereocenters. The summed E-state index contributed by atoms with van der Waals surface area (Å²) in [6.07, 6.45) is 2.97. The molecule has 3 rings (SSSR count). The number of rotatable bonds is 10. The quantitative estimate of drug-likeness (QED) is 0.366. The van der Waals surface area contributed by atoms with Crippen LogP contribution in [0.4, 0.5) is 0 Å². The van der Waals surface area contributed by atoms with E-state index >= 15 is 0 Å². The SMILES string of the molecule is C=Cc1cc(CC)cc(-c2ccccc2)c1-c1ccc(OCCN(CC)CC)cc1. The van der Waals surface area contributed by atoms with Gasteiger partial charge in [0, 0.05) is 6.54 Å². The van der Waals surface area contributed by atoms with Crippen LogP contribution in [0, 0.1) is 0 Å². The van der Waals surface area contributed by atoms with Crippen LogP contribution in [0.25, 0.3) is 28.3 Å². The average Bonchev–Trinajstić information content (AvgIpc) is 2.82. The predicted octanol–water partition coefficient (Wildman–Crippen LogP) is 6.95. The summed E-state index contributed by atoms with van der Waals surface area (Å²) >= 11 is 0. The molecule has 0 saturated heterocycles. The molecular formula is C28H33NO. The number of aryl methyl sites for hydroxylation is 1. The van der Waals surface area contributed by atoms with Crippen molar-refractivity contribution in [1.82, 2.24) is 4.90 Å². The molecule has 0 aliphatic carbocycles. The molecule has 30 heavy (non-hydrogen) atoms. The maximum atomic E-state index is 5.98. The molecule has 0 spiro atoms. The molecule has 2 heteroatoms. The zero-order valence-corrected chi connectivity index (χ0v) is 18.5. The molecule has 0 aliphatic rings. The highest BCUT2D eigenvalue weighted by Crippen LogP contribution is 2.37. The lowest BCUT2D eigenvalue weighted by atomic mass is 9.88. The average molecular weight is 400 g/mol. The molecule has 0 heterocycles. The lowest BCUT2D eigenvalue weighted by Gasteiger charge is -2.18. The molecule has 0 N–H and O–H groups in total. The van der Waals surface area contributed by atoms with Gasteiger partial charge in [0.1, 0.15) is 12.4 Å². The minimum atomic E-state index is 0.708. The van der Waals surface area contributed by atoms with Gasteiger partial charge in [0.2, 0.25) is 0 Å². The zero-order valence-electron chi connectivity index (χ0n) is 18.5. The van der Waals surface area contributed by atoms with Gasteiger partial charge in [0.15, 0.2) is 0 Å². The minimum absolute atomic E-state index is 0.708. The maximum absolute atomic E-state index is 5.98. The highest BCUT2D eigenvalue weighted by Gasteiger charge is 2.13.